The normalized spacial score (nSPS) is 32.9. The molecule has 1 N–H and O–H groups in total. The summed E-state index contributed by atoms with van der Waals surface area (Å²) in [5.41, 5.74) is 0.589. The third-order valence-corrected chi connectivity index (χ3v) is 2.76. The number of benzene rings is 1. The van der Waals surface area contributed by atoms with Crippen molar-refractivity contribution in [3.63, 3.8) is 0 Å². The van der Waals surface area contributed by atoms with Crippen LogP contribution in [-0.2, 0) is 4.74 Å². The van der Waals surface area contributed by atoms with Gasteiger partial charge in [-0.1, -0.05) is 30.3 Å². The molecular formula is C12H16O2. The molecule has 0 spiro atoms. The van der Waals surface area contributed by atoms with E-state index in [4.69, 9.17) is 4.74 Å². The van der Waals surface area contributed by atoms with Gasteiger partial charge in [-0.25, -0.2) is 0 Å². The molecule has 0 radical (unpaired) electrons. The smallest absolute Gasteiger partial charge is 0.0852 e. The van der Waals surface area contributed by atoms with Crippen LogP contribution in [-0.4, -0.2) is 17.3 Å². The van der Waals surface area contributed by atoms with Gasteiger partial charge in [0, 0.05) is 6.42 Å². The van der Waals surface area contributed by atoms with Gasteiger partial charge < -0.3 is 9.84 Å². The number of ether oxygens (including phenoxy) is 1. The van der Waals surface area contributed by atoms with Crippen molar-refractivity contribution >= 4 is 0 Å². The van der Waals surface area contributed by atoms with Crippen LogP contribution in [0.4, 0.5) is 0 Å². The molecule has 0 amide bonds. The summed E-state index contributed by atoms with van der Waals surface area (Å²) in [5, 5.41) is 9.93. The van der Waals surface area contributed by atoms with E-state index in [2.05, 4.69) is 0 Å². The van der Waals surface area contributed by atoms with Crippen LogP contribution in [0.25, 0.3) is 0 Å². The molecule has 2 rings (SSSR count). The lowest BCUT2D eigenvalue weighted by atomic mass is 9.89. The van der Waals surface area contributed by atoms with Crippen LogP contribution >= 0.6 is 0 Å². The van der Waals surface area contributed by atoms with E-state index >= 15 is 0 Å². The molecule has 0 aliphatic carbocycles. The van der Waals surface area contributed by atoms with E-state index < -0.39 is 5.60 Å². The highest BCUT2D eigenvalue weighted by Gasteiger charge is 2.31. The van der Waals surface area contributed by atoms with Crippen molar-refractivity contribution in [1.82, 2.24) is 0 Å². The van der Waals surface area contributed by atoms with Gasteiger partial charge in [-0.15, -0.1) is 0 Å². The minimum absolute atomic E-state index is 0.0555. The summed E-state index contributed by atoms with van der Waals surface area (Å²) in [6.07, 6.45) is 1.48. The maximum absolute atomic E-state index is 9.93. The predicted octanol–water partition coefficient (Wildman–Crippen LogP) is 2.29. The van der Waals surface area contributed by atoms with Crippen LogP contribution in [0.3, 0.4) is 0 Å². The molecular weight excluding hydrogens is 176 g/mol. The fourth-order valence-electron chi connectivity index (χ4n) is 1.86. The monoisotopic (exact) mass is 192 g/mol. The fourth-order valence-corrected chi connectivity index (χ4v) is 1.86. The number of rotatable bonds is 1. The van der Waals surface area contributed by atoms with Gasteiger partial charge in [0.25, 0.3) is 0 Å². The van der Waals surface area contributed by atoms with Crippen molar-refractivity contribution in [2.75, 3.05) is 6.61 Å². The Bertz CT molecular complexity index is 292. The quantitative estimate of drug-likeness (QED) is 0.739. The van der Waals surface area contributed by atoms with Gasteiger partial charge >= 0.3 is 0 Å². The Morgan fingerprint density at radius 1 is 1.36 bits per heavy atom. The standard InChI is InChI=1S/C12H16O2/c1-12(13)7-8-14-11(9-12)10-5-3-2-4-6-10/h2-6,11,13H,7-9H2,1H3/t11-,12+/m0/s1. The first-order chi connectivity index (χ1) is 6.67. The zero-order valence-corrected chi connectivity index (χ0v) is 8.44. The Morgan fingerprint density at radius 2 is 2.07 bits per heavy atom. The number of hydrogen-bond donors (Lipinski definition) is 1. The maximum Gasteiger partial charge on any atom is 0.0852 e. The molecule has 1 aliphatic heterocycles. The second-order valence-electron chi connectivity index (χ2n) is 4.22. The second kappa shape index (κ2) is 3.71. The Hall–Kier alpha value is -0.860. The van der Waals surface area contributed by atoms with Gasteiger partial charge in [-0.05, 0) is 18.9 Å². The number of hydrogen-bond acceptors (Lipinski definition) is 2. The van der Waals surface area contributed by atoms with Crippen molar-refractivity contribution in [3.05, 3.63) is 35.9 Å². The van der Waals surface area contributed by atoms with E-state index in [-0.39, 0.29) is 6.10 Å². The summed E-state index contributed by atoms with van der Waals surface area (Å²) < 4.78 is 5.64. The topological polar surface area (TPSA) is 29.5 Å². The summed E-state index contributed by atoms with van der Waals surface area (Å²) >= 11 is 0. The van der Waals surface area contributed by atoms with E-state index in [0.29, 0.717) is 13.0 Å². The molecule has 2 atom stereocenters. The lowest BCUT2D eigenvalue weighted by molar-refractivity contribution is -0.0952. The van der Waals surface area contributed by atoms with Crippen LogP contribution in [0.5, 0.6) is 0 Å². The lowest BCUT2D eigenvalue weighted by Gasteiger charge is -2.34. The van der Waals surface area contributed by atoms with Crippen LogP contribution in [0.2, 0.25) is 0 Å². The van der Waals surface area contributed by atoms with Gasteiger partial charge in [0.2, 0.25) is 0 Å². The number of aliphatic hydroxyl groups is 1. The zero-order valence-electron chi connectivity index (χ0n) is 8.44. The molecule has 1 aromatic rings. The predicted molar refractivity (Wildman–Crippen MR) is 55.0 cm³/mol. The Balaban J connectivity index is 2.12. The van der Waals surface area contributed by atoms with E-state index in [1.54, 1.807) is 0 Å². The van der Waals surface area contributed by atoms with E-state index in [1.165, 1.54) is 0 Å². The minimum atomic E-state index is -0.571. The molecule has 2 heteroatoms. The van der Waals surface area contributed by atoms with Crippen molar-refractivity contribution < 1.29 is 9.84 Å². The largest absolute Gasteiger partial charge is 0.390 e. The highest BCUT2D eigenvalue weighted by molar-refractivity contribution is 5.18. The van der Waals surface area contributed by atoms with Gasteiger partial charge in [0.1, 0.15) is 0 Å². The van der Waals surface area contributed by atoms with Gasteiger partial charge in [0.15, 0.2) is 0 Å². The molecule has 1 aromatic carbocycles. The molecule has 76 valence electrons. The molecule has 1 fully saturated rings. The van der Waals surface area contributed by atoms with Crippen molar-refractivity contribution in [3.8, 4) is 0 Å². The average molecular weight is 192 g/mol. The van der Waals surface area contributed by atoms with Crippen molar-refractivity contribution in [1.29, 1.82) is 0 Å². The van der Waals surface area contributed by atoms with Crippen LogP contribution in [0, 0.1) is 0 Å². The Kier molecular flexibility index (Phi) is 2.57. The van der Waals surface area contributed by atoms with E-state index in [1.807, 2.05) is 37.3 Å². The van der Waals surface area contributed by atoms with E-state index in [0.717, 1.165) is 12.0 Å². The van der Waals surface area contributed by atoms with Gasteiger partial charge in [0.05, 0.1) is 18.3 Å². The third kappa shape index (κ3) is 2.14. The SMILES string of the molecule is C[C@@]1(O)CCO[C@H](c2ccccc2)C1. The van der Waals surface area contributed by atoms with Crippen molar-refractivity contribution in [2.24, 2.45) is 0 Å². The van der Waals surface area contributed by atoms with Crippen LogP contribution in [0.15, 0.2) is 30.3 Å². The molecule has 1 heterocycles. The van der Waals surface area contributed by atoms with Crippen molar-refractivity contribution in [2.45, 2.75) is 31.5 Å². The molecule has 0 unspecified atom stereocenters. The highest BCUT2D eigenvalue weighted by Crippen LogP contribution is 2.33. The lowest BCUT2D eigenvalue weighted by Crippen LogP contribution is -2.34. The van der Waals surface area contributed by atoms with Gasteiger partial charge in [-0.3, -0.25) is 0 Å². The first kappa shape index (κ1) is 9.69. The zero-order chi connectivity index (χ0) is 10.0. The molecule has 1 aliphatic rings. The summed E-state index contributed by atoms with van der Waals surface area (Å²) in [5.74, 6) is 0. The Labute approximate surface area is 84.5 Å². The summed E-state index contributed by atoms with van der Waals surface area (Å²) in [7, 11) is 0. The maximum atomic E-state index is 9.93. The summed E-state index contributed by atoms with van der Waals surface area (Å²) in [6, 6.07) is 10.1. The van der Waals surface area contributed by atoms with Crippen LogP contribution in [0.1, 0.15) is 31.4 Å². The highest BCUT2D eigenvalue weighted by atomic mass is 16.5. The first-order valence-electron chi connectivity index (χ1n) is 5.06. The average Bonchev–Trinajstić information content (AvgIpc) is 2.18. The first-order valence-corrected chi connectivity index (χ1v) is 5.06. The van der Waals surface area contributed by atoms with E-state index in [9.17, 15) is 5.11 Å². The molecule has 0 aromatic heterocycles. The summed E-state index contributed by atoms with van der Waals surface area (Å²) in [4.78, 5) is 0. The second-order valence-corrected chi connectivity index (χ2v) is 4.22. The van der Waals surface area contributed by atoms with Crippen LogP contribution < -0.4 is 0 Å². The molecule has 0 saturated carbocycles. The minimum Gasteiger partial charge on any atom is -0.390 e. The third-order valence-electron chi connectivity index (χ3n) is 2.76. The molecule has 2 nitrogen and oxygen atoms in total. The molecule has 1 saturated heterocycles. The molecule has 0 bridgehead atoms. The Morgan fingerprint density at radius 3 is 2.71 bits per heavy atom. The fraction of sp³-hybridized carbons (Fsp3) is 0.500. The summed E-state index contributed by atoms with van der Waals surface area (Å²) in [6.45, 7) is 2.53. The molecule has 14 heavy (non-hydrogen) atoms. The van der Waals surface area contributed by atoms with Gasteiger partial charge in [-0.2, -0.15) is 0 Å².